The Labute approximate surface area is 126 Å². The lowest BCUT2D eigenvalue weighted by Gasteiger charge is -2.28. The monoisotopic (exact) mass is 301 g/mol. The van der Waals surface area contributed by atoms with Gasteiger partial charge in [-0.25, -0.2) is 4.79 Å². The van der Waals surface area contributed by atoms with Crippen molar-refractivity contribution in [3.63, 3.8) is 0 Å². The average molecular weight is 301 g/mol. The van der Waals surface area contributed by atoms with Gasteiger partial charge in [0.05, 0.1) is 25.3 Å². The first-order valence-corrected chi connectivity index (χ1v) is 7.76. The van der Waals surface area contributed by atoms with Gasteiger partial charge in [0, 0.05) is 6.61 Å². The lowest BCUT2D eigenvalue weighted by Crippen LogP contribution is -2.41. The summed E-state index contributed by atoms with van der Waals surface area (Å²) in [5, 5.41) is 9.47. The number of hydrogen-bond acceptors (Lipinski definition) is 5. The van der Waals surface area contributed by atoms with Crippen LogP contribution in [-0.2, 0) is 14.2 Å². The van der Waals surface area contributed by atoms with Gasteiger partial charge in [0.1, 0.15) is 5.60 Å². The highest BCUT2D eigenvalue weighted by Crippen LogP contribution is 2.26. The number of aliphatic hydroxyl groups is 1. The second-order valence-electron chi connectivity index (χ2n) is 6.76. The summed E-state index contributed by atoms with van der Waals surface area (Å²) in [6.45, 7) is 6.59. The van der Waals surface area contributed by atoms with Crippen molar-refractivity contribution in [1.29, 1.82) is 0 Å². The van der Waals surface area contributed by atoms with Crippen molar-refractivity contribution in [3.8, 4) is 0 Å². The molecule has 6 heteroatoms. The van der Waals surface area contributed by atoms with Crippen molar-refractivity contribution in [1.82, 2.24) is 4.90 Å². The summed E-state index contributed by atoms with van der Waals surface area (Å²) in [6, 6.07) is -0.242. The first kappa shape index (κ1) is 16.5. The summed E-state index contributed by atoms with van der Waals surface area (Å²) in [5.41, 5.74) is -0.539. The standard InChI is InChI=1S/C15H27NO5/c1-15(2,3)21-14(18)16-9-12(8-11(16)10-17)20-13-6-4-5-7-19-13/h11-13,17H,4-10H2,1-3H3/t11-,12-,13?/m0/s1. The van der Waals surface area contributed by atoms with Crippen LogP contribution < -0.4 is 0 Å². The van der Waals surface area contributed by atoms with Crippen LogP contribution in [0.1, 0.15) is 46.5 Å². The number of hydrogen-bond donors (Lipinski definition) is 1. The zero-order valence-corrected chi connectivity index (χ0v) is 13.2. The molecule has 0 aromatic carbocycles. The first-order chi connectivity index (χ1) is 9.89. The number of ether oxygens (including phenoxy) is 3. The number of carbonyl (C=O) groups is 1. The quantitative estimate of drug-likeness (QED) is 0.862. The third-order valence-electron chi connectivity index (χ3n) is 3.70. The van der Waals surface area contributed by atoms with Crippen molar-refractivity contribution < 1.29 is 24.1 Å². The zero-order chi connectivity index (χ0) is 15.5. The molecule has 2 heterocycles. The van der Waals surface area contributed by atoms with Crippen molar-refractivity contribution in [2.45, 2.75) is 70.5 Å². The van der Waals surface area contributed by atoms with Gasteiger partial charge < -0.3 is 24.2 Å². The number of amides is 1. The molecule has 2 saturated heterocycles. The van der Waals surface area contributed by atoms with Crippen LogP contribution >= 0.6 is 0 Å². The Kier molecular flexibility index (Phi) is 5.46. The summed E-state index contributed by atoms with van der Waals surface area (Å²) >= 11 is 0. The maximum Gasteiger partial charge on any atom is 0.410 e. The molecule has 2 aliphatic heterocycles. The number of likely N-dealkylation sites (tertiary alicyclic amines) is 1. The molecule has 2 rings (SSSR count). The Bertz CT molecular complexity index is 348. The molecule has 1 unspecified atom stereocenters. The van der Waals surface area contributed by atoms with Gasteiger partial charge in [0.25, 0.3) is 0 Å². The molecule has 3 atom stereocenters. The number of rotatable bonds is 3. The third-order valence-corrected chi connectivity index (χ3v) is 3.70. The molecule has 0 aromatic rings. The Morgan fingerprint density at radius 3 is 2.71 bits per heavy atom. The molecule has 21 heavy (non-hydrogen) atoms. The minimum Gasteiger partial charge on any atom is -0.444 e. The highest BCUT2D eigenvalue weighted by atomic mass is 16.7. The van der Waals surface area contributed by atoms with Crippen molar-refractivity contribution in [2.75, 3.05) is 19.8 Å². The smallest absolute Gasteiger partial charge is 0.410 e. The fraction of sp³-hybridized carbons (Fsp3) is 0.933. The Morgan fingerprint density at radius 1 is 1.38 bits per heavy atom. The van der Waals surface area contributed by atoms with Crippen LogP contribution in [0, 0.1) is 0 Å². The van der Waals surface area contributed by atoms with E-state index in [1.807, 2.05) is 20.8 Å². The van der Waals surface area contributed by atoms with Crippen molar-refractivity contribution in [3.05, 3.63) is 0 Å². The van der Waals surface area contributed by atoms with Gasteiger partial charge in [-0.2, -0.15) is 0 Å². The topological polar surface area (TPSA) is 68.2 Å². The van der Waals surface area contributed by atoms with Gasteiger partial charge in [0.15, 0.2) is 6.29 Å². The maximum atomic E-state index is 12.2. The van der Waals surface area contributed by atoms with Crippen molar-refractivity contribution >= 4 is 6.09 Å². The number of carbonyl (C=O) groups excluding carboxylic acids is 1. The predicted octanol–water partition coefficient (Wildman–Crippen LogP) is 1.90. The van der Waals surface area contributed by atoms with Crippen LogP contribution in [0.5, 0.6) is 0 Å². The van der Waals surface area contributed by atoms with Gasteiger partial charge in [0.2, 0.25) is 0 Å². The van der Waals surface area contributed by atoms with E-state index in [-0.39, 0.29) is 25.0 Å². The molecule has 0 aromatic heterocycles. The van der Waals surface area contributed by atoms with Crippen LogP contribution in [0.4, 0.5) is 4.79 Å². The van der Waals surface area contributed by atoms with E-state index in [0.29, 0.717) is 13.0 Å². The lowest BCUT2D eigenvalue weighted by atomic mass is 10.2. The summed E-state index contributed by atoms with van der Waals surface area (Å²) in [5.74, 6) is 0. The molecule has 2 fully saturated rings. The predicted molar refractivity (Wildman–Crippen MR) is 76.9 cm³/mol. The average Bonchev–Trinajstić information content (AvgIpc) is 2.81. The molecule has 6 nitrogen and oxygen atoms in total. The van der Waals surface area contributed by atoms with Crippen LogP contribution in [0.25, 0.3) is 0 Å². The molecule has 0 aliphatic carbocycles. The molecule has 2 aliphatic rings. The summed E-state index contributed by atoms with van der Waals surface area (Å²) in [6.07, 6.45) is 3.03. The molecule has 1 amide bonds. The largest absolute Gasteiger partial charge is 0.444 e. The van der Waals surface area contributed by atoms with E-state index in [0.717, 1.165) is 25.9 Å². The minimum absolute atomic E-state index is 0.0787. The second-order valence-corrected chi connectivity index (χ2v) is 6.76. The minimum atomic E-state index is -0.539. The summed E-state index contributed by atoms with van der Waals surface area (Å²) in [4.78, 5) is 13.7. The highest BCUT2D eigenvalue weighted by molar-refractivity contribution is 5.69. The van der Waals surface area contributed by atoms with Gasteiger partial charge >= 0.3 is 6.09 Å². The van der Waals surface area contributed by atoms with Gasteiger partial charge in [-0.3, -0.25) is 0 Å². The zero-order valence-electron chi connectivity index (χ0n) is 13.2. The van der Waals surface area contributed by atoms with E-state index in [4.69, 9.17) is 14.2 Å². The van der Waals surface area contributed by atoms with Gasteiger partial charge in [-0.1, -0.05) is 0 Å². The third kappa shape index (κ3) is 4.83. The fourth-order valence-corrected chi connectivity index (χ4v) is 2.72. The van der Waals surface area contributed by atoms with Gasteiger partial charge in [-0.05, 0) is 46.5 Å². The molecule has 1 N–H and O–H groups in total. The van der Waals surface area contributed by atoms with E-state index in [1.54, 1.807) is 4.90 Å². The van der Waals surface area contributed by atoms with Crippen molar-refractivity contribution in [2.24, 2.45) is 0 Å². The van der Waals surface area contributed by atoms with Gasteiger partial charge in [-0.15, -0.1) is 0 Å². The van der Waals surface area contributed by atoms with Crippen LogP contribution in [0.2, 0.25) is 0 Å². The Balaban J connectivity index is 1.88. The number of nitrogens with zero attached hydrogens (tertiary/aromatic N) is 1. The normalized spacial score (nSPS) is 30.5. The molecular weight excluding hydrogens is 274 g/mol. The summed E-state index contributed by atoms with van der Waals surface area (Å²) < 4.78 is 16.9. The molecule has 0 radical (unpaired) electrons. The molecule has 0 saturated carbocycles. The Morgan fingerprint density at radius 2 is 2.14 bits per heavy atom. The number of aliphatic hydroxyl groups excluding tert-OH is 1. The summed E-state index contributed by atoms with van der Waals surface area (Å²) in [7, 11) is 0. The molecule has 122 valence electrons. The molecular formula is C15H27NO5. The fourth-order valence-electron chi connectivity index (χ4n) is 2.72. The Hall–Kier alpha value is -0.850. The molecule has 0 spiro atoms. The van der Waals surface area contributed by atoms with Crippen LogP contribution in [0.15, 0.2) is 0 Å². The van der Waals surface area contributed by atoms with E-state index in [2.05, 4.69) is 0 Å². The van der Waals surface area contributed by atoms with E-state index < -0.39 is 11.7 Å². The second kappa shape index (κ2) is 6.94. The van der Waals surface area contributed by atoms with E-state index >= 15 is 0 Å². The lowest BCUT2D eigenvalue weighted by molar-refractivity contribution is -0.185. The van der Waals surface area contributed by atoms with E-state index in [9.17, 15) is 9.90 Å². The van der Waals surface area contributed by atoms with Crippen LogP contribution in [-0.4, -0.2) is 59.9 Å². The maximum absolute atomic E-state index is 12.2. The van der Waals surface area contributed by atoms with E-state index in [1.165, 1.54) is 0 Å². The van der Waals surface area contributed by atoms with Crippen LogP contribution in [0.3, 0.4) is 0 Å². The molecule has 0 bridgehead atoms. The SMILES string of the molecule is CC(C)(C)OC(=O)N1C[C@@H](OC2CCCCO2)C[C@H]1CO. The first-order valence-electron chi connectivity index (χ1n) is 7.76. The highest BCUT2D eigenvalue weighted by Gasteiger charge is 2.38.